The summed E-state index contributed by atoms with van der Waals surface area (Å²) in [6.45, 7) is 6.32. The zero-order chi connectivity index (χ0) is 32.2. The number of carbonyl (C=O) groups is 2. The minimum Gasteiger partial charge on any atom is -0.350 e. The highest BCUT2D eigenvalue weighted by molar-refractivity contribution is 7.92. The number of aryl methyl sites for hydroxylation is 1. The monoisotopic (exact) mass is 637 g/mol. The van der Waals surface area contributed by atoms with Gasteiger partial charge in [0.1, 0.15) is 12.6 Å². The minimum absolute atomic E-state index is 0.0490. The Bertz CT molecular complexity index is 1560. The summed E-state index contributed by atoms with van der Waals surface area (Å²) in [6.07, 6.45) is -3.96. The topological polar surface area (TPSA) is 86.8 Å². The Morgan fingerprint density at radius 2 is 1.56 bits per heavy atom. The van der Waals surface area contributed by atoms with E-state index >= 15 is 0 Å². The van der Waals surface area contributed by atoms with Crippen LogP contribution in [0.1, 0.15) is 43.0 Å². The van der Waals surface area contributed by atoms with Crippen LogP contribution in [-0.4, -0.2) is 49.5 Å². The van der Waals surface area contributed by atoms with E-state index in [1.807, 2.05) is 37.3 Å². The van der Waals surface area contributed by atoms with E-state index in [1.54, 1.807) is 45.0 Å². The molecular weight excluding hydrogens is 603 g/mol. The van der Waals surface area contributed by atoms with Crippen molar-refractivity contribution < 1.29 is 31.2 Å². The van der Waals surface area contributed by atoms with Crippen molar-refractivity contribution in [1.29, 1.82) is 0 Å². The lowest BCUT2D eigenvalue weighted by molar-refractivity contribution is -0.140. The van der Waals surface area contributed by atoms with Crippen LogP contribution in [-0.2, 0) is 38.8 Å². The van der Waals surface area contributed by atoms with E-state index < -0.39 is 56.7 Å². The number of nitrogens with one attached hydrogen (secondary N) is 1. The number of hydrogen-bond acceptors (Lipinski definition) is 4. The van der Waals surface area contributed by atoms with Crippen LogP contribution in [0.5, 0.6) is 0 Å². The predicted octanol–water partition coefficient (Wildman–Crippen LogP) is 5.99. The first kappa shape index (κ1) is 33.9. The van der Waals surface area contributed by atoms with Crippen LogP contribution in [0.3, 0.4) is 0 Å². The zero-order valence-electron chi connectivity index (χ0n) is 24.6. The molecule has 0 aliphatic heterocycles. The lowest BCUT2D eigenvalue weighted by Gasteiger charge is -2.35. The third-order valence-electron chi connectivity index (χ3n) is 6.59. The van der Waals surface area contributed by atoms with Crippen LogP contribution in [0.4, 0.5) is 18.9 Å². The predicted molar refractivity (Wildman–Crippen MR) is 162 cm³/mol. The van der Waals surface area contributed by atoms with Gasteiger partial charge in [0, 0.05) is 18.5 Å². The Labute approximate surface area is 255 Å². The molecule has 0 spiro atoms. The van der Waals surface area contributed by atoms with Gasteiger partial charge in [-0.2, -0.15) is 13.2 Å². The van der Waals surface area contributed by atoms with Gasteiger partial charge in [-0.25, -0.2) is 8.42 Å². The van der Waals surface area contributed by atoms with Crippen molar-refractivity contribution in [3.05, 3.63) is 100 Å². The first-order valence-corrected chi connectivity index (χ1v) is 15.6. The molecule has 7 nitrogen and oxygen atoms in total. The summed E-state index contributed by atoms with van der Waals surface area (Å²) in [6, 6.07) is 17.8. The van der Waals surface area contributed by atoms with E-state index in [0.29, 0.717) is 15.9 Å². The number of rotatable bonds is 10. The number of anilines is 1. The molecule has 3 rings (SSSR count). The van der Waals surface area contributed by atoms with Crippen molar-refractivity contribution in [3.8, 4) is 0 Å². The summed E-state index contributed by atoms with van der Waals surface area (Å²) >= 11 is 5.76. The van der Waals surface area contributed by atoms with E-state index in [0.717, 1.165) is 29.5 Å². The lowest BCUT2D eigenvalue weighted by Crippen LogP contribution is -2.56. The van der Waals surface area contributed by atoms with Crippen molar-refractivity contribution in [2.24, 2.45) is 0 Å². The number of carbonyl (C=O) groups excluding carboxylic acids is 2. The number of benzene rings is 3. The second-order valence-electron chi connectivity index (χ2n) is 11.3. The zero-order valence-corrected chi connectivity index (χ0v) is 26.1. The second kappa shape index (κ2) is 13.4. The third-order valence-corrected chi connectivity index (χ3v) is 8.06. The average molecular weight is 638 g/mol. The maximum absolute atomic E-state index is 14.1. The molecule has 0 fully saturated rings. The normalized spacial score (nSPS) is 12.9. The van der Waals surface area contributed by atoms with E-state index in [9.17, 15) is 31.2 Å². The fourth-order valence-electron chi connectivity index (χ4n) is 4.48. The fourth-order valence-corrected chi connectivity index (χ4v) is 5.54. The summed E-state index contributed by atoms with van der Waals surface area (Å²) in [5, 5.41) is 2.30. The lowest BCUT2D eigenvalue weighted by atomic mass is 10.00. The van der Waals surface area contributed by atoms with Gasteiger partial charge < -0.3 is 10.2 Å². The van der Waals surface area contributed by atoms with Gasteiger partial charge in [-0.3, -0.25) is 13.9 Å². The number of halogens is 4. The molecule has 0 aromatic heterocycles. The first-order chi connectivity index (χ1) is 19.9. The number of sulfonamides is 1. The van der Waals surface area contributed by atoms with Crippen molar-refractivity contribution in [3.63, 3.8) is 0 Å². The van der Waals surface area contributed by atoms with Gasteiger partial charge in [-0.1, -0.05) is 66.2 Å². The van der Waals surface area contributed by atoms with E-state index in [1.165, 1.54) is 4.90 Å². The Morgan fingerprint density at radius 1 is 0.953 bits per heavy atom. The Kier molecular flexibility index (Phi) is 10.6. The van der Waals surface area contributed by atoms with E-state index in [-0.39, 0.29) is 18.7 Å². The van der Waals surface area contributed by atoms with Crippen LogP contribution in [0.25, 0.3) is 0 Å². The van der Waals surface area contributed by atoms with E-state index in [4.69, 9.17) is 11.6 Å². The van der Waals surface area contributed by atoms with E-state index in [2.05, 4.69) is 5.32 Å². The molecule has 12 heteroatoms. The summed E-state index contributed by atoms with van der Waals surface area (Å²) < 4.78 is 67.2. The van der Waals surface area contributed by atoms with Gasteiger partial charge in [-0.05, 0) is 62.6 Å². The summed E-state index contributed by atoms with van der Waals surface area (Å²) in [5.74, 6) is -1.24. The SMILES string of the molecule is Cc1ccccc1CN(C(=O)CN(c1ccc(Cl)c(C(F)(F)F)c1)S(C)(=O)=O)[C@@H](Cc1ccccc1)C(=O)NC(C)(C)C. The molecule has 3 aromatic rings. The molecule has 0 aliphatic rings. The molecule has 0 saturated heterocycles. The highest BCUT2D eigenvalue weighted by Gasteiger charge is 2.37. The van der Waals surface area contributed by atoms with Crippen LogP contribution in [0.2, 0.25) is 5.02 Å². The first-order valence-electron chi connectivity index (χ1n) is 13.4. The molecule has 0 unspecified atom stereocenters. The van der Waals surface area contributed by atoms with Crippen molar-refractivity contribution in [1.82, 2.24) is 10.2 Å². The molecule has 2 amide bonds. The fraction of sp³-hybridized carbons (Fsp3) is 0.355. The molecule has 0 bridgehead atoms. The van der Waals surface area contributed by atoms with Crippen molar-refractivity contribution >= 4 is 39.1 Å². The Morgan fingerprint density at radius 3 is 2.12 bits per heavy atom. The minimum atomic E-state index is -4.86. The maximum Gasteiger partial charge on any atom is 0.417 e. The molecule has 43 heavy (non-hydrogen) atoms. The third kappa shape index (κ3) is 9.46. The van der Waals surface area contributed by atoms with Crippen molar-refractivity contribution in [2.75, 3.05) is 17.1 Å². The second-order valence-corrected chi connectivity index (χ2v) is 13.6. The molecule has 0 radical (unpaired) electrons. The largest absolute Gasteiger partial charge is 0.417 e. The highest BCUT2D eigenvalue weighted by atomic mass is 35.5. The number of hydrogen-bond donors (Lipinski definition) is 1. The van der Waals surface area contributed by atoms with Gasteiger partial charge in [0.25, 0.3) is 0 Å². The molecule has 3 aromatic carbocycles. The number of nitrogens with zero attached hydrogens (tertiary/aromatic N) is 2. The molecule has 0 aliphatic carbocycles. The smallest absolute Gasteiger partial charge is 0.350 e. The van der Waals surface area contributed by atoms with Gasteiger partial charge in [0.05, 0.1) is 22.5 Å². The molecule has 1 atom stereocenters. The maximum atomic E-state index is 14.1. The summed E-state index contributed by atoms with van der Waals surface area (Å²) in [5.41, 5.74) is 0.0287. The van der Waals surface area contributed by atoms with Gasteiger partial charge >= 0.3 is 6.18 Å². The van der Waals surface area contributed by atoms with Crippen LogP contribution in [0.15, 0.2) is 72.8 Å². The number of alkyl halides is 3. The molecule has 232 valence electrons. The van der Waals surface area contributed by atoms with Crippen molar-refractivity contribution in [2.45, 2.75) is 58.4 Å². The molecule has 0 heterocycles. The van der Waals surface area contributed by atoms with Crippen LogP contribution in [0, 0.1) is 6.92 Å². The molecular formula is C31H35ClF3N3O4S. The van der Waals surface area contributed by atoms with Gasteiger partial charge in [0.15, 0.2) is 0 Å². The van der Waals surface area contributed by atoms with Crippen LogP contribution < -0.4 is 9.62 Å². The quantitative estimate of drug-likeness (QED) is 0.296. The summed E-state index contributed by atoms with van der Waals surface area (Å²) in [4.78, 5) is 29.2. The van der Waals surface area contributed by atoms with Gasteiger partial charge in [0.2, 0.25) is 21.8 Å². The molecule has 1 N–H and O–H groups in total. The van der Waals surface area contributed by atoms with Gasteiger partial charge in [-0.15, -0.1) is 0 Å². The highest BCUT2D eigenvalue weighted by Crippen LogP contribution is 2.37. The number of amides is 2. The standard InChI is InChI=1S/C31H35ClF3N3O4S/c1-21-11-9-10-14-23(21)19-37(27(29(40)36-30(2,3)4)17-22-12-7-6-8-13-22)28(39)20-38(43(5,41)42)24-15-16-26(32)25(18-24)31(33,34)35/h6-16,18,27H,17,19-20H2,1-5H3,(H,36,40)/t27-/m0/s1. The Hall–Kier alpha value is -3.57. The van der Waals surface area contributed by atoms with Crippen LogP contribution >= 0.6 is 11.6 Å². The molecule has 0 saturated carbocycles. The summed E-state index contributed by atoms with van der Waals surface area (Å²) in [7, 11) is -4.26. The average Bonchev–Trinajstić information content (AvgIpc) is 2.89. The Balaban J connectivity index is 2.13.